The minimum absolute atomic E-state index is 0.0128. The van der Waals surface area contributed by atoms with Gasteiger partial charge in [-0.15, -0.1) is 11.3 Å². The Morgan fingerprint density at radius 3 is 2.84 bits per heavy atom. The number of fused-ring (bicyclic) bond motifs is 3. The van der Waals surface area contributed by atoms with Gasteiger partial charge < -0.3 is 5.32 Å². The quantitative estimate of drug-likeness (QED) is 0.618. The minimum atomic E-state index is -0.0128. The highest BCUT2D eigenvalue weighted by Crippen LogP contribution is 2.34. The van der Waals surface area contributed by atoms with Crippen molar-refractivity contribution in [1.29, 1.82) is 0 Å². The van der Waals surface area contributed by atoms with Crippen LogP contribution in [0.3, 0.4) is 0 Å². The highest BCUT2D eigenvalue weighted by molar-refractivity contribution is 7.99. The molecule has 0 atom stereocenters. The molecule has 2 aromatic rings. The van der Waals surface area contributed by atoms with Gasteiger partial charge in [-0.05, 0) is 44.1 Å². The molecule has 0 aromatic carbocycles. The Kier molecular flexibility index (Phi) is 5.84. The van der Waals surface area contributed by atoms with Crippen LogP contribution >= 0.6 is 23.1 Å². The molecule has 1 aliphatic rings. The predicted octanol–water partition coefficient (Wildman–Crippen LogP) is 3.22. The van der Waals surface area contributed by atoms with E-state index in [0.29, 0.717) is 24.2 Å². The molecule has 1 amide bonds. The number of aryl methyl sites for hydroxylation is 2. The van der Waals surface area contributed by atoms with Crippen molar-refractivity contribution in [3.63, 3.8) is 0 Å². The molecule has 2 aromatic heterocycles. The van der Waals surface area contributed by atoms with E-state index in [-0.39, 0.29) is 17.2 Å². The summed E-state index contributed by atoms with van der Waals surface area (Å²) in [4.78, 5) is 31.9. The number of thiophene rings is 1. The molecule has 0 radical (unpaired) electrons. The number of carbonyl (C=O) groups excluding carboxylic acids is 1. The summed E-state index contributed by atoms with van der Waals surface area (Å²) in [5.41, 5.74) is 1.27. The van der Waals surface area contributed by atoms with Gasteiger partial charge in [-0.1, -0.05) is 25.6 Å². The summed E-state index contributed by atoms with van der Waals surface area (Å²) in [6.45, 7) is 7.33. The van der Waals surface area contributed by atoms with E-state index in [1.54, 1.807) is 15.9 Å². The van der Waals surface area contributed by atoms with E-state index in [1.807, 2.05) is 6.92 Å². The smallest absolute Gasteiger partial charge is 0.263 e. The van der Waals surface area contributed by atoms with Gasteiger partial charge in [0.25, 0.3) is 5.56 Å². The third-order valence-corrected chi connectivity index (χ3v) is 6.56. The third kappa shape index (κ3) is 3.92. The predicted molar refractivity (Wildman–Crippen MR) is 105 cm³/mol. The molecule has 1 N–H and O–H groups in total. The van der Waals surface area contributed by atoms with Crippen LogP contribution in [-0.2, 0) is 24.2 Å². The molecule has 0 spiro atoms. The second kappa shape index (κ2) is 7.91. The van der Waals surface area contributed by atoms with E-state index in [1.165, 1.54) is 28.6 Å². The summed E-state index contributed by atoms with van der Waals surface area (Å²) in [5.74, 6) is 0.700. The lowest BCUT2D eigenvalue weighted by Gasteiger charge is -2.12. The maximum absolute atomic E-state index is 13.0. The molecular weight excluding hydrogens is 354 g/mol. The number of amides is 1. The Balaban J connectivity index is 1.88. The van der Waals surface area contributed by atoms with Crippen LogP contribution in [0.25, 0.3) is 10.2 Å². The first-order chi connectivity index (χ1) is 12.0. The van der Waals surface area contributed by atoms with Gasteiger partial charge in [0.15, 0.2) is 5.16 Å². The van der Waals surface area contributed by atoms with Gasteiger partial charge in [0.1, 0.15) is 4.83 Å². The van der Waals surface area contributed by atoms with Crippen molar-refractivity contribution in [2.45, 2.75) is 58.2 Å². The van der Waals surface area contributed by atoms with Gasteiger partial charge in [-0.3, -0.25) is 14.2 Å². The van der Waals surface area contributed by atoms with Crippen molar-refractivity contribution in [3.05, 3.63) is 20.8 Å². The molecule has 2 heterocycles. The SMILES string of the molecule is CCn1c(SCC(=O)NCC(C)C)nc2sc3c(c2c1=O)CCCC3. The fraction of sp³-hybridized carbons (Fsp3) is 0.611. The fourth-order valence-electron chi connectivity index (χ4n) is 3.11. The highest BCUT2D eigenvalue weighted by Gasteiger charge is 2.22. The van der Waals surface area contributed by atoms with E-state index < -0.39 is 0 Å². The van der Waals surface area contributed by atoms with Gasteiger partial charge in [0, 0.05) is 18.0 Å². The number of rotatable bonds is 6. The summed E-state index contributed by atoms with van der Waals surface area (Å²) in [7, 11) is 0. The molecule has 0 saturated heterocycles. The van der Waals surface area contributed by atoms with Crippen molar-refractivity contribution >= 4 is 39.2 Å². The minimum Gasteiger partial charge on any atom is -0.355 e. The molecule has 3 rings (SSSR count). The molecule has 7 heteroatoms. The van der Waals surface area contributed by atoms with Gasteiger partial charge in [-0.2, -0.15) is 0 Å². The molecular formula is C18H25N3O2S2. The normalized spacial score (nSPS) is 14.1. The Bertz CT molecular complexity index is 839. The molecule has 1 aliphatic carbocycles. The summed E-state index contributed by atoms with van der Waals surface area (Å²) in [5, 5.41) is 4.38. The van der Waals surface area contributed by atoms with Crippen LogP contribution < -0.4 is 10.9 Å². The van der Waals surface area contributed by atoms with Crippen molar-refractivity contribution in [2.24, 2.45) is 5.92 Å². The van der Waals surface area contributed by atoms with E-state index in [9.17, 15) is 9.59 Å². The summed E-state index contributed by atoms with van der Waals surface area (Å²) in [6.07, 6.45) is 4.39. The first-order valence-corrected chi connectivity index (χ1v) is 10.8. The lowest BCUT2D eigenvalue weighted by atomic mass is 9.97. The molecule has 0 aliphatic heterocycles. The zero-order valence-corrected chi connectivity index (χ0v) is 16.7. The van der Waals surface area contributed by atoms with Gasteiger partial charge in [0.05, 0.1) is 11.1 Å². The van der Waals surface area contributed by atoms with Crippen molar-refractivity contribution in [1.82, 2.24) is 14.9 Å². The van der Waals surface area contributed by atoms with Crippen molar-refractivity contribution in [3.8, 4) is 0 Å². The molecule has 5 nitrogen and oxygen atoms in total. The second-order valence-electron chi connectivity index (χ2n) is 6.82. The van der Waals surface area contributed by atoms with Crippen LogP contribution in [0.4, 0.5) is 0 Å². The molecule has 0 unspecified atom stereocenters. The van der Waals surface area contributed by atoms with Crippen LogP contribution in [0.1, 0.15) is 44.1 Å². The topological polar surface area (TPSA) is 64.0 Å². The largest absolute Gasteiger partial charge is 0.355 e. The van der Waals surface area contributed by atoms with Crippen LogP contribution in [0, 0.1) is 5.92 Å². The fourth-order valence-corrected chi connectivity index (χ4v) is 5.30. The number of hydrogen-bond donors (Lipinski definition) is 1. The van der Waals surface area contributed by atoms with Crippen LogP contribution in [0.2, 0.25) is 0 Å². The average Bonchev–Trinajstić information content (AvgIpc) is 2.96. The second-order valence-corrected chi connectivity index (χ2v) is 8.85. The Morgan fingerprint density at radius 1 is 1.36 bits per heavy atom. The standard InChI is InChI=1S/C18H25N3O2S2/c1-4-21-17(23)15-12-7-5-6-8-13(12)25-16(15)20-18(21)24-10-14(22)19-9-11(2)3/h11H,4-10H2,1-3H3,(H,19,22). The number of nitrogens with one attached hydrogen (secondary N) is 1. The van der Waals surface area contributed by atoms with E-state index >= 15 is 0 Å². The molecule has 0 fully saturated rings. The molecule has 25 heavy (non-hydrogen) atoms. The number of nitrogens with zero attached hydrogens (tertiary/aromatic N) is 2. The molecule has 0 saturated carbocycles. The first kappa shape index (κ1) is 18.5. The molecule has 0 bridgehead atoms. The first-order valence-electron chi connectivity index (χ1n) is 8.95. The Hall–Kier alpha value is -1.34. The van der Waals surface area contributed by atoms with Crippen molar-refractivity contribution in [2.75, 3.05) is 12.3 Å². The maximum Gasteiger partial charge on any atom is 0.263 e. The average molecular weight is 380 g/mol. The van der Waals surface area contributed by atoms with Gasteiger partial charge in [0.2, 0.25) is 5.91 Å². The van der Waals surface area contributed by atoms with Crippen LogP contribution in [0.15, 0.2) is 9.95 Å². The van der Waals surface area contributed by atoms with E-state index in [2.05, 4.69) is 19.2 Å². The zero-order valence-electron chi connectivity index (χ0n) is 15.1. The zero-order chi connectivity index (χ0) is 18.0. The Morgan fingerprint density at radius 2 is 2.12 bits per heavy atom. The number of thioether (sulfide) groups is 1. The van der Waals surface area contributed by atoms with E-state index in [4.69, 9.17) is 4.98 Å². The number of hydrogen-bond acceptors (Lipinski definition) is 5. The monoisotopic (exact) mass is 379 g/mol. The lowest BCUT2D eigenvalue weighted by molar-refractivity contribution is -0.118. The summed E-state index contributed by atoms with van der Waals surface area (Å²) < 4.78 is 1.71. The van der Waals surface area contributed by atoms with Gasteiger partial charge >= 0.3 is 0 Å². The summed E-state index contributed by atoms with van der Waals surface area (Å²) in [6, 6.07) is 0. The van der Waals surface area contributed by atoms with E-state index in [0.717, 1.165) is 29.5 Å². The molecule has 136 valence electrons. The maximum atomic E-state index is 13.0. The van der Waals surface area contributed by atoms with Gasteiger partial charge in [-0.25, -0.2) is 4.98 Å². The van der Waals surface area contributed by atoms with Crippen LogP contribution in [0.5, 0.6) is 0 Å². The third-order valence-electron chi connectivity index (χ3n) is 4.40. The Labute approximate surface area is 156 Å². The number of carbonyl (C=O) groups is 1. The lowest BCUT2D eigenvalue weighted by Crippen LogP contribution is -2.29. The summed E-state index contributed by atoms with van der Waals surface area (Å²) >= 11 is 3.01. The van der Waals surface area contributed by atoms with Crippen molar-refractivity contribution < 1.29 is 4.79 Å². The highest BCUT2D eigenvalue weighted by atomic mass is 32.2. The van der Waals surface area contributed by atoms with Crippen LogP contribution in [-0.4, -0.2) is 27.8 Å². The number of aromatic nitrogens is 2.